The number of nitriles is 1. The molecule has 1 heterocycles. The third-order valence-electron chi connectivity index (χ3n) is 2.95. The second-order valence-electron chi connectivity index (χ2n) is 5.29. The quantitative estimate of drug-likeness (QED) is 0.433. The van der Waals surface area contributed by atoms with Crippen LogP contribution in [0.1, 0.15) is 26.3 Å². The van der Waals surface area contributed by atoms with E-state index in [1.165, 1.54) is 5.56 Å². The van der Waals surface area contributed by atoms with Gasteiger partial charge in [-0.2, -0.15) is 10.3 Å². The maximum absolute atomic E-state index is 8.52. The van der Waals surface area contributed by atoms with E-state index in [9.17, 15) is 0 Å². The monoisotopic (exact) mass is 243 g/mol. The molecular weight excluding hydrogens is 226 g/mol. The molecule has 0 radical (unpaired) electrons. The predicted molar refractivity (Wildman–Crippen MR) is 72.1 cm³/mol. The van der Waals surface area contributed by atoms with Crippen molar-refractivity contribution in [2.75, 3.05) is 18.1 Å². The van der Waals surface area contributed by atoms with Crippen LogP contribution in [-0.2, 0) is 5.41 Å². The molecule has 0 aliphatic carbocycles. The Morgan fingerprint density at radius 2 is 2.22 bits per heavy atom. The predicted octanol–water partition coefficient (Wildman–Crippen LogP) is 2.69. The van der Waals surface area contributed by atoms with Crippen molar-refractivity contribution in [1.29, 1.82) is 5.26 Å². The number of fused-ring (bicyclic) bond motifs is 1. The third kappa shape index (κ3) is 2.30. The molecule has 0 aromatic heterocycles. The number of nitrogens with zero attached hydrogens (tertiary/aromatic N) is 3. The molecule has 1 aromatic rings. The lowest BCUT2D eigenvalue weighted by Crippen LogP contribution is -2.32. The van der Waals surface area contributed by atoms with E-state index >= 15 is 0 Å². The SMILES string of the molecule is CC(C)(C)c1cccc2c1OCCN2C=NC#N. The van der Waals surface area contributed by atoms with Gasteiger partial charge in [0.2, 0.25) is 6.19 Å². The molecular formula is C14H17N3O. The van der Waals surface area contributed by atoms with Crippen molar-refractivity contribution in [3.8, 4) is 11.9 Å². The molecule has 0 amide bonds. The summed E-state index contributed by atoms with van der Waals surface area (Å²) in [5.41, 5.74) is 2.18. The van der Waals surface area contributed by atoms with Crippen LogP contribution < -0.4 is 9.64 Å². The van der Waals surface area contributed by atoms with E-state index in [-0.39, 0.29) is 5.41 Å². The fraction of sp³-hybridized carbons (Fsp3) is 0.429. The van der Waals surface area contributed by atoms with Crippen molar-refractivity contribution >= 4 is 12.0 Å². The van der Waals surface area contributed by atoms with Crippen molar-refractivity contribution in [1.82, 2.24) is 0 Å². The minimum absolute atomic E-state index is 0.0285. The van der Waals surface area contributed by atoms with Crippen LogP contribution in [0.3, 0.4) is 0 Å². The third-order valence-corrected chi connectivity index (χ3v) is 2.95. The molecule has 0 spiro atoms. The summed E-state index contributed by atoms with van der Waals surface area (Å²) in [4.78, 5) is 5.59. The molecule has 0 bridgehead atoms. The summed E-state index contributed by atoms with van der Waals surface area (Å²) in [6.07, 6.45) is 3.34. The second kappa shape index (κ2) is 4.69. The van der Waals surface area contributed by atoms with Gasteiger partial charge in [0, 0.05) is 5.56 Å². The minimum Gasteiger partial charge on any atom is -0.489 e. The van der Waals surface area contributed by atoms with Gasteiger partial charge in [-0.3, -0.25) is 0 Å². The zero-order chi connectivity index (χ0) is 13.2. The Kier molecular flexibility index (Phi) is 3.24. The van der Waals surface area contributed by atoms with Gasteiger partial charge in [-0.25, -0.2) is 0 Å². The van der Waals surface area contributed by atoms with Crippen LogP contribution in [-0.4, -0.2) is 19.5 Å². The first-order valence-corrected chi connectivity index (χ1v) is 5.99. The van der Waals surface area contributed by atoms with Crippen molar-refractivity contribution in [3.63, 3.8) is 0 Å². The van der Waals surface area contributed by atoms with Crippen LogP contribution in [0.4, 0.5) is 5.69 Å². The number of rotatable bonds is 1. The molecule has 4 heteroatoms. The van der Waals surface area contributed by atoms with Gasteiger partial charge in [-0.05, 0) is 11.5 Å². The standard InChI is InChI=1S/C14H17N3O/c1-14(2,3)11-5-4-6-12-13(11)18-8-7-17(12)10-16-9-15/h4-6,10H,7-8H2,1-3H3. The molecule has 0 N–H and O–H groups in total. The van der Waals surface area contributed by atoms with Gasteiger partial charge in [0.25, 0.3) is 0 Å². The molecule has 1 aliphatic heterocycles. The highest BCUT2D eigenvalue weighted by Crippen LogP contribution is 2.40. The molecule has 2 rings (SSSR count). The summed E-state index contributed by atoms with van der Waals surface area (Å²) in [5, 5.41) is 8.52. The second-order valence-corrected chi connectivity index (χ2v) is 5.29. The topological polar surface area (TPSA) is 48.6 Å². The van der Waals surface area contributed by atoms with Crippen LogP contribution in [0.5, 0.6) is 5.75 Å². The van der Waals surface area contributed by atoms with Crippen LogP contribution in [0.25, 0.3) is 0 Å². The Morgan fingerprint density at radius 1 is 1.44 bits per heavy atom. The number of hydrogen-bond donors (Lipinski definition) is 0. The number of benzene rings is 1. The molecule has 0 saturated heterocycles. The minimum atomic E-state index is 0.0285. The first-order valence-electron chi connectivity index (χ1n) is 5.99. The maximum Gasteiger partial charge on any atom is 0.207 e. The van der Waals surface area contributed by atoms with Gasteiger partial charge in [-0.15, -0.1) is 0 Å². The Labute approximate surface area is 108 Å². The lowest BCUT2D eigenvalue weighted by molar-refractivity contribution is 0.307. The van der Waals surface area contributed by atoms with E-state index in [0.29, 0.717) is 13.2 Å². The van der Waals surface area contributed by atoms with Crippen molar-refractivity contribution in [3.05, 3.63) is 23.8 Å². The normalized spacial score (nSPS) is 15.1. The van der Waals surface area contributed by atoms with Crippen LogP contribution >= 0.6 is 0 Å². The van der Waals surface area contributed by atoms with Gasteiger partial charge >= 0.3 is 0 Å². The first-order chi connectivity index (χ1) is 8.54. The van der Waals surface area contributed by atoms with Crippen molar-refractivity contribution in [2.24, 2.45) is 4.99 Å². The first kappa shape index (κ1) is 12.4. The summed E-state index contributed by atoms with van der Waals surface area (Å²) in [5.74, 6) is 0.903. The van der Waals surface area contributed by atoms with Crippen LogP contribution in [0, 0.1) is 11.5 Å². The molecule has 18 heavy (non-hydrogen) atoms. The summed E-state index contributed by atoms with van der Waals surface area (Å²) in [6, 6.07) is 6.10. The van der Waals surface area contributed by atoms with E-state index in [2.05, 4.69) is 31.8 Å². The number of aliphatic imine (C=N–C) groups is 1. The fourth-order valence-electron chi connectivity index (χ4n) is 2.08. The van der Waals surface area contributed by atoms with Crippen LogP contribution in [0.2, 0.25) is 0 Å². The van der Waals surface area contributed by atoms with E-state index in [4.69, 9.17) is 10.00 Å². The van der Waals surface area contributed by atoms with E-state index in [1.807, 2.05) is 17.0 Å². The average Bonchev–Trinajstić information content (AvgIpc) is 2.34. The largest absolute Gasteiger partial charge is 0.489 e. The molecule has 1 aliphatic rings. The molecule has 94 valence electrons. The molecule has 4 nitrogen and oxygen atoms in total. The molecule has 0 unspecified atom stereocenters. The van der Waals surface area contributed by atoms with Gasteiger partial charge in [-0.1, -0.05) is 32.9 Å². The van der Waals surface area contributed by atoms with Crippen molar-refractivity contribution in [2.45, 2.75) is 26.2 Å². The van der Waals surface area contributed by atoms with E-state index in [0.717, 1.165) is 11.4 Å². The maximum atomic E-state index is 8.52. The lowest BCUT2D eigenvalue weighted by atomic mass is 9.85. The Hall–Kier alpha value is -2.02. The van der Waals surface area contributed by atoms with Gasteiger partial charge < -0.3 is 9.64 Å². The Morgan fingerprint density at radius 3 is 2.89 bits per heavy atom. The molecule has 1 aromatic carbocycles. The van der Waals surface area contributed by atoms with Gasteiger partial charge in [0.1, 0.15) is 18.7 Å². The number of anilines is 1. The summed E-state index contributed by atoms with van der Waals surface area (Å²) < 4.78 is 5.81. The molecule has 0 atom stereocenters. The highest BCUT2D eigenvalue weighted by molar-refractivity contribution is 5.84. The number of ether oxygens (including phenoxy) is 1. The highest BCUT2D eigenvalue weighted by atomic mass is 16.5. The molecule has 0 saturated carbocycles. The Bertz CT molecular complexity index is 509. The number of para-hydroxylation sites is 1. The zero-order valence-corrected chi connectivity index (χ0v) is 11.0. The molecule has 0 fully saturated rings. The van der Waals surface area contributed by atoms with E-state index in [1.54, 1.807) is 12.5 Å². The summed E-state index contributed by atoms with van der Waals surface area (Å²) in [7, 11) is 0. The number of hydrogen-bond acceptors (Lipinski definition) is 3. The van der Waals surface area contributed by atoms with Gasteiger partial charge in [0.15, 0.2) is 0 Å². The highest BCUT2D eigenvalue weighted by Gasteiger charge is 2.25. The van der Waals surface area contributed by atoms with E-state index < -0.39 is 0 Å². The average molecular weight is 243 g/mol. The van der Waals surface area contributed by atoms with Crippen molar-refractivity contribution < 1.29 is 4.74 Å². The lowest BCUT2D eigenvalue weighted by Gasteiger charge is -2.32. The fourth-order valence-corrected chi connectivity index (χ4v) is 2.08. The summed E-state index contributed by atoms with van der Waals surface area (Å²) >= 11 is 0. The van der Waals surface area contributed by atoms with Crippen LogP contribution in [0.15, 0.2) is 23.2 Å². The van der Waals surface area contributed by atoms with Gasteiger partial charge in [0.05, 0.1) is 12.2 Å². The summed E-state index contributed by atoms with van der Waals surface area (Å²) in [6.45, 7) is 7.81. The zero-order valence-electron chi connectivity index (χ0n) is 11.0. The smallest absolute Gasteiger partial charge is 0.207 e. The Balaban J connectivity index is 2.48.